The molecule has 8 heteroatoms. The molecule has 42 heavy (non-hydrogen) atoms. The van der Waals surface area contributed by atoms with Crippen molar-refractivity contribution in [2.24, 2.45) is 0 Å². The number of carbonyl (C=O) groups excluding carboxylic acids is 2. The molecule has 0 aromatic heterocycles. The maximum Gasteiger partial charge on any atom is 0.259 e. The van der Waals surface area contributed by atoms with Crippen molar-refractivity contribution in [3.05, 3.63) is 113 Å². The van der Waals surface area contributed by atoms with E-state index >= 15 is 0 Å². The zero-order valence-electron chi connectivity index (χ0n) is 24.0. The molecule has 0 unspecified atom stereocenters. The van der Waals surface area contributed by atoms with Gasteiger partial charge < -0.3 is 19.4 Å². The highest BCUT2D eigenvalue weighted by atomic mass is 32.2. The van der Waals surface area contributed by atoms with Crippen LogP contribution in [0.3, 0.4) is 0 Å². The van der Waals surface area contributed by atoms with E-state index in [4.69, 9.17) is 4.74 Å². The summed E-state index contributed by atoms with van der Waals surface area (Å²) in [5.41, 5.74) is 5.67. The third-order valence-electron chi connectivity index (χ3n) is 8.10. The van der Waals surface area contributed by atoms with Crippen molar-refractivity contribution in [1.82, 2.24) is 4.90 Å². The Morgan fingerprint density at radius 1 is 0.857 bits per heavy atom. The van der Waals surface area contributed by atoms with Crippen molar-refractivity contribution in [3.8, 4) is 5.75 Å². The van der Waals surface area contributed by atoms with Crippen LogP contribution in [0.25, 0.3) is 0 Å². The largest absolute Gasteiger partial charge is 0.497 e. The molecular formula is C34H33N3O4S. The Balaban J connectivity index is 1.31. The van der Waals surface area contributed by atoms with Crippen LogP contribution in [0.2, 0.25) is 0 Å². The molecule has 0 aliphatic carbocycles. The number of benzene rings is 4. The number of fused-ring (bicyclic) bond motifs is 2. The molecule has 0 saturated carbocycles. The van der Waals surface area contributed by atoms with Gasteiger partial charge in [0.05, 0.1) is 45.5 Å². The van der Waals surface area contributed by atoms with Gasteiger partial charge in [0.1, 0.15) is 5.75 Å². The van der Waals surface area contributed by atoms with E-state index < -0.39 is 10.8 Å². The molecule has 1 fully saturated rings. The number of aryl methyl sites for hydroxylation is 2. The Hall–Kier alpha value is -4.43. The van der Waals surface area contributed by atoms with Gasteiger partial charge in [0.2, 0.25) is 0 Å². The summed E-state index contributed by atoms with van der Waals surface area (Å²) in [6.45, 7) is 6.92. The maximum absolute atomic E-state index is 14.0. The number of piperazine rings is 1. The summed E-state index contributed by atoms with van der Waals surface area (Å²) in [7, 11) is 0.0756. The Labute approximate surface area is 248 Å². The van der Waals surface area contributed by atoms with Gasteiger partial charge in [-0.3, -0.25) is 9.59 Å². The predicted octanol–water partition coefficient (Wildman–Crippen LogP) is 5.60. The Kier molecular flexibility index (Phi) is 7.56. The quantitative estimate of drug-likeness (QED) is 0.308. The van der Waals surface area contributed by atoms with Gasteiger partial charge in [-0.05, 0) is 79.6 Å². The Bertz CT molecular complexity index is 1690. The number of hydrogen-bond donors (Lipinski definition) is 0. The average molecular weight is 580 g/mol. The summed E-state index contributed by atoms with van der Waals surface area (Å²) >= 11 is 0. The molecule has 4 aromatic rings. The SMILES string of the molecule is COc1ccc(N2CCN(C(=O)c3ccc4c(c3)N(Cc3cc(C)ccc3C)C(=O)c3ccccc3[S@]4=O)CC2)cc1. The third kappa shape index (κ3) is 5.18. The van der Waals surface area contributed by atoms with Crippen molar-refractivity contribution in [1.29, 1.82) is 0 Å². The summed E-state index contributed by atoms with van der Waals surface area (Å²) in [5.74, 6) is 0.486. The van der Waals surface area contributed by atoms with Gasteiger partial charge in [0.25, 0.3) is 11.8 Å². The number of nitrogens with zero attached hydrogens (tertiary/aromatic N) is 3. The van der Waals surface area contributed by atoms with Crippen molar-refractivity contribution < 1.29 is 18.5 Å². The first kappa shape index (κ1) is 27.7. The number of hydrogen-bond acceptors (Lipinski definition) is 5. The molecule has 2 aliphatic heterocycles. The van der Waals surface area contributed by atoms with E-state index in [1.165, 1.54) is 0 Å². The van der Waals surface area contributed by atoms with Crippen molar-refractivity contribution >= 4 is 34.0 Å². The summed E-state index contributed by atoms with van der Waals surface area (Å²) < 4.78 is 19.1. The standard InChI is InChI=1S/C34H33N3O4S/c1-23-8-9-24(2)26(20-23)22-37-30-21-25(10-15-32(30)42(40)31-7-5-4-6-29(31)34(37)39)33(38)36-18-16-35(17-19-36)27-11-13-28(41-3)14-12-27/h4-15,20-21H,16-19,22H2,1-3H3/t42-/m1/s1. The predicted molar refractivity (Wildman–Crippen MR) is 165 cm³/mol. The first-order valence-electron chi connectivity index (χ1n) is 14.0. The maximum atomic E-state index is 14.0. The van der Waals surface area contributed by atoms with E-state index in [-0.39, 0.29) is 11.8 Å². The number of ether oxygens (including phenoxy) is 1. The average Bonchev–Trinajstić information content (AvgIpc) is 3.11. The van der Waals surface area contributed by atoms with E-state index in [1.807, 2.05) is 55.1 Å². The number of anilines is 2. The van der Waals surface area contributed by atoms with Gasteiger partial charge in [-0.2, -0.15) is 0 Å². The molecule has 4 aromatic carbocycles. The molecule has 1 atom stereocenters. The van der Waals surface area contributed by atoms with Gasteiger partial charge in [0, 0.05) is 37.4 Å². The minimum Gasteiger partial charge on any atom is -0.497 e. The molecule has 7 nitrogen and oxygen atoms in total. The van der Waals surface area contributed by atoms with Crippen LogP contribution in [0.4, 0.5) is 11.4 Å². The lowest BCUT2D eigenvalue weighted by Gasteiger charge is -2.36. The second-order valence-electron chi connectivity index (χ2n) is 10.7. The number of methoxy groups -OCH3 is 1. The van der Waals surface area contributed by atoms with Crippen LogP contribution in [0.5, 0.6) is 5.75 Å². The lowest BCUT2D eigenvalue weighted by molar-refractivity contribution is 0.0746. The Morgan fingerprint density at radius 3 is 2.33 bits per heavy atom. The van der Waals surface area contributed by atoms with Crippen LogP contribution >= 0.6 is 0 Å². The summed E-state index contributed by atoms with van der Waals surface area (Å²) in [5, 5.41) is 0. The molecule has 2 amide bonds. The zero-order valence-corrected chi connectivity index (χ0v) is 24.8. The molecule has 0 bridgehead atoms. The minimum atomic E-state index is -1.57. The highest BCUT2D eigenvalue weighted by Gasteiger charge is 2.32. The van der Waals surface area contributed by atoms with Crippen LogP contribution < -0.4 is 14.5 Å². The normalized spacial score (nSPS) is 16.5. The van der Waals surface area contributed by atoms with Crippen LogP contribution in [0, 0.1) is 13.8 Å². The van der Waals surface area contributed by atoms with Gasteiger partial charge in [0.15, 0.2) is 0 Å². The van der Waals surface area contributed by atoms with Crippen molar-refractivity contribution in [2.75, 3.05) is 43.1 Å². The molecular weight excluding hydrogens is 546 g/mol. The van der Waals surface area contributed by atoms with E-state index in [0.717, 1.165) is 28.1 Å². The second kappa shape index (κ2) is 11.4. The van der Waals surface area contributed by atoms with E-state index in [9.17, 15) is 13.8 Å². The van der Waals surface area contributed by atoms with Crippen LogP contribution in [-0.4, -0.2) is 54.2 Å². The van der Waals surface area contributed by atoms with Gasteiger partial charge in [-0.25, -0.2) is 4.21 Å². The summed E-state index contributed by atoms with van der Waals surface area (Å²) in [6.07, 6.45) is 0. The molecule has 214 valence electrons. The topological polar surface area (TPSA) is 70.2 Å². The fraction of sp³-hybridized carbons (Fsp3) is 0.235. The van der Waals surface area contributed by atoms with E-state index in [2.05, 4.69) is 11.0 Å². The monoisotopic (exact) mass is 579 g/mol. The van der Waals surface area contributed by atoms with E-state index in [0.29, 0.717) is 59.3 Å². The second-order valence-corrected chi connectivity index (χ2v) is 12.2. The lowest BCUT2D eigenvalue weighted by atomic mass is 10.0. The Morgan fingerprint density at radius 2 is 1.60 bits per heavy atom. The molecule has 2 heterocycles. The molecule has 1 saturated heterocycles. The van der Waals surface area contributed by atoms with E-state index in [1.54, 1.807) is 54.5 Å². The number of rotatable bonds is 5. The first-order chi connectivity index (χ1) is 20.3. The van der Waals surface area contributed by atoms with Gasteiger partial charge in [-0.1, -0.05) is 35.9 Å². The number of carbonyl (C=O) groups is 2. The highest BCUT2D eigenvalue weighted by Crippen LogP contribution is 2.37. The molecule has 6 rings (SSSR count). The first-order valence-corrected chi connectivity index (χ1v) is 15.2. The zero-order chi connectivity index (χ0) is 29.4. The fourth-order valence-electron chi connectivity index (χ4n) is 5.64. The molecule has 0 spiro atoms. The molecule has 2 aliphatic rings. The van der Waals surface area contributed by atoms with Crippen LogP contribution in [0.15, 0.2) is 94.7 Å². The van der Waals surface area contributed by atoms with Gasteiger partial charge >= 0.3 is 0 Å². The van der Waals surface area contributed by atoms with Crippen molar-refractivity contribution in [3.63, 3.8) is 0 Å². The summed E-state index contributed by atoms with van der Waals surface area (Å²) in [4.78, 5) is 34.6. The lowest BCUT2D eigenvalue weighted by Crippen LogP contribution is -2.48. The number of amides is 2. The third-order valence-corrected chi connectivity index (χ3v) is 9.60. The fourth-order valence-corrected chi connectivity index (χ4v) is 6.98. The molecule has 0 radical (unpaired) electrons. The molecule has 0 N–H and O–H groups in total. The smallest absolute Gasteiger partial charge is 0.259 e. The highest BCUT2D eigenvalue weighted by molar-refractivity contribution is 7.85. The minimum absolute atomic E-state index is 0.0983. The summed E-state index contributed by atoms with van der Waals surface area (Å²) in [6, 6.07) is 26.4. The van der Waals surface area contributed by atoms with Crippen molar-refractivity contribution in [2.45, 2.75) is 30.2 Å². The van der Waals surface area contributed by atoms with Gasteiger partial charge in [-0.15, -0.1) is 0 Å². The van der Waals surface area contributed by atoms with Crippen LogP contribution in [-0.2, 0) is 17.3 Å². The van der Waals surface area contributed by atoms with Crippen LogP contribution in [0.1, 0.15) is 37.4 Å².